The van der Waals surface area contributed by atoms with Crippen molar-refractivity contribution in [1.29, 1.82) is 0 Å². The van der Waals surface area contributed by atoms with Gasteiger partial charge in [-0.05, 0) is 0 Å². The maximum atomic E-state index is 9.97. The molecule has 0 aliphatic carbocycles. The molecule has 2 aliphatic rings. The minimum atomic E-state index is -1.64. The number of aliphatic hydroxyl groups excluding tert-OH is 7. The normalized spacial score (nSPS) is 52.9. The van der Waals surface area contributed by atoms with Crippen LogP contribution in [0.1, 0.15) is 6.42 Å². The van der Waals surface area contributed by atoms with Crippen LogP contribution in [-0.4, -0.2) is 97.1 Å². The van der Waals surface area contributed by atoms with Crippen molar-refractivity contribution in [3.05, 3.63) is 0 Å². The van der Waals surface area contributed by atoms with Crippen molar-refractivity contribution < 1.29 is 45.2 Å². The first kappa shape index (κ1) is 17.0. The van der Waals surface area contributed by atoms with E-state index in [1.165, 1.54) is 0 Å². The maximum absolute atomic E-state index is 9.97. The van der Waals surface area contributed by atoms with Gasteiger partial charge in [0.15, 0.2) is 12.6 Å². The molecule has 0 amide bonds. The van der Waals surface area contributed by atoms with Crippen molar-refractivity contribution in [2.75, 3.05) is 0 Å². The number of hydrogen-bond donors (Lipinski definition) is 8. The van der Waals surface area contributed by atoms with E-state index in [1.807, 2.05) is 0 Å². The Morgan fingerprint density at radius 1 is 0.810 bits per heavy atom. The molecular formula is C11H21NO9. The van der Waals surface area contributed by atoms with Crippen LogP contribution in [0.25, 0.3) is 0 Å². The summed E-state index contributed by atoms with van der Waals surface area (Å²) < 4.78 is 9.82. The molecule has 2 aliphatic heterocycles. The molecule has 10 atom stereocenters. The summed E-state index contributed by atoms with van der Waals surface area (Å²) in [5.74, 6) is 0. The van der Waals surface area contributed by atoms with E-state index in [1.54, 1.807) is 0 Å². The number of nitrogens with two attached hydrogens (primary N) is 1. The lowest BCUT2D eigenvalue weighted by Gasteiger charge is -2.40. The van der Waals surface area contributed by atoms with Gasteiger partial charge in [-0.2, -0.15) is 0 Å². The van der Waals surface area contributed by atoms with Gasteiger partial charge in [-0.15, -0.1) is 0 Å². The van der Waals surface area contributed by atoms with E-state index < -0.39 is 61.3 Å². The van der Waals surface area contributed by atoms with Crippen LogP contribution in [-0.2, 0) is 9.47 Å². The van der Waals surface area contributed by atoms with Crippen molar-refractivity contribution in [3.8, 4) is 0 Å². The van der Waals surface area contributed by atoms with E-state index in [0.717, 1.165) is 0 Å². The van der Waals surface area contributed by atoms with Crippen LogP contribution in [0.5, 0.6) is 0 Å². The molecule has 0 spiro atoms. The highest BCUT2D eigenvalue weighted by Gasteiger charge is 2.48. The highest BCUT2D eigenvalue weighted by molar-refractivity contribution is 4.95. The third kappa shape index (κ3) is 3.19. The summed E-state index contributed by atoms with van der Waals surface area (Å²) in [6, 6.07) is -1.19. The van der Waals surface area contributed by atoms with Crippen LogP contribution in [0.4, 0.5) is 0 Å². The Kier molecular flexibility index (Phi) is 5.15. The number of rotatable bonds is 3. The number of hydrogen-bond acceptors (Lipinski definition) is 10. The quantitative estimate of drug-likeness (QED) is 0.250. The molecule has 0 bridgehead atoms. The highest BCUT2D eigenvalue weighted by atomic mass is 16.7. The molecule has 0 radical (unpaired) electrons. The highest BCUT2D eigenvalue weighted by Crippen LogP contribution is 2.27. The van der Waals surface area contributed by atoms with Crippen molar-refractivity contribution in [1.82, 2.24) is 0 Å². The van der Waals surface area contributed by atoms with Crippen LogP contribution >= 0.6 is 0 Å². The first-order valence-corrected chi connectivity index (χ1v) is 6.57. The Bertz CT molecular complexity index is 359. The van der Waals surface area contributed by atoms with Gasteiger partial charge >= 0.3 is 0 Å². The molecule has 10 heteroatoms. The van der Waals surface area contributed by atoms with Gasteiger partial charge in [0.2, 0.25) is 0 Å². The molecule has 124 valence electrons. The minimum absolute atomic E-state index is 0.316. The van der Waals surface area contributed by atoms with E-state index in [9.17, 15) is 35.7 Å². The average molecular weight is 311 g/mol. The SMILES string of the molecule is NC1[C@H](O)OC(C[C@@H](O)[C@H]2O[C@@H](O)C(O)[C@H]2O)[C@H](O)[C@H]1O. The summed E-state index contributed by atoms with van der Waals surface area (Å²) in [6.07, 6.45) is -13.3. The molecule has 0 aromatic rings. The second-order valence-corrected chi connectivity index (χ2v) is 5.40. The number of aliphatic hydroxyl groups is 7. The van der Waals surface area contributed by atoms with Gasteiger partial charge in [0.1, 0.15) is 30.5 Å². The Hall–Kier alpha value is -0.400. The maximum Gasteiger partial charge on any atom is 0.184 e. The Morgan fingerprint density at radius 2 is 1.43 bits per heavy atom. The van der Waals surface area contributed by atoms with Crippen molar-refractivity contribution >= 4 is 0 Å². The molecule has 0 saturated carbocycles. The average Bonchev–Trinajstić information content (AvgIpc) is 2.70. The van der Waals surface area contributed by atoms with Crippen molar-refractivity contribution in [3.63, 3.8) is 0 Å². The molecular weight excluding hydrogens is 290 g/mol. The lowest BCUT2D eigenvalue weighted by atomic mass is 9.92. The van der Waals surface area contributed by atoms with Gasteiger partial charge in [-0.1, -0.05) is 0 Å². The van der Waals surface area contributed by atoms with Gasteiger partial charge < -0.3 is 51.0 Å². The molecule has 2 saturated heterocycles. The van der Waals surface area contributed by atoms with E-state index in [4.69, 9.17) is 15.2 Å². The zero-order valence-electron chi connectivity index (χ0n) is 11.0. The summed E-state index contributed by atoms with van der Waals surface area (Å²) >= 11 is 0. The Balaban J connectivity index is 1.98. The Morgan fingerprint density at radius 3 is 1.95 bits per heavy atom. The summed E-state index contributed by atoms with van der Waals surface area (Å²) in [4.78, 5) is 0. The van der Waals surface area contributed by atoms with Crippen molar-refractivity contribution in [2.45, 2.75) is 67.8 Å². The summed E-state index contributed by atoms with van der Waals surface area (Å²) in [6.45, 7) is 0. The smallest absolute Gasteiger partial charge is 0.184 e. The predicted octanol–water partition coefficient (Wildman–Crippen LogP) is -5.06. The third-order valence-corrected chi connectivity index (χ3v) is 3.90. The topological polar surface area (TPSA) is 186 Å². The first-order chi connectivity index (χ1) is 9.73. The lowest BCUT2D eigenvalue weighted by molar-refractivity contribution is -0.251. The molecule has 2 heterocycles. The Labute approximate surface area is 120 Å². The van der Waals surface area contributed by atoms with E-state index in [-0.39, 0.29) is 6.42 Å². The second-order valence-electron chi connectivity index (χ2n) is 5.40. The summed E-state index contributed by atoms with van der Waals surface area (Å²) in [5, 5.41) is 67.1. The largest absolute Gasteiger partial charge is 0.390 e. The van der Waals surface area contributed by atoms with Gasteiger partial charge in [-0.3, -0.25) is 0 Å². The molecule has 0 aromatic carbocycles. The van der Waals surface area contributed by atoms with E-state index in [2.05, 4.69) is 0 Å². The second kappa shape index (κ2) is 6.38. The molecule has 0 aromatic heterocycles. The van der Waals surface area contributed by atoms with Gasteiger partial charge in [0.25, 0.3) is 0 Å². The fourth-order valence-electron chi connectivity index (χ4n) is 2.54. The fourth-order valence-corrected chi connectivity index (χ4v) is 2.54. The van der Waals surface area contributed by atoms with E-state index >= 15 is 0 Å². The zero-order valence-corrected chi connectivity index (χ0v) is 11.0. The monoisotopic (exact) mass is 311 g/mol. The van der Waals surface area contributed by atoms with Crippen LogP contribution < -0.4 is 5.73 Å². The van der Waals surface area contributed by atoms with Crippen LogP contribution in [0, 0.1) is 0 Å². The van der Waals surface area contributed by atoms with Gasteiger partial charge in [0.05, 0.1) is 18.2 Å². The van der Waals surface area contributed by atoms with Crippen LogP contribution in [0.15, 0.2) is 0 Å². The van der Waals surface area contributed by atoms with E-state index in [0.29, 0.717) is 0 Å². The molecule has 3 unspecified atom stereocenters. The molecule has 21 heavy (non-hydrogen) atoms. The summed E-state index contributed by atoms with van der Waals surface area (Å²) in [7, 11) is 0. The molecule has 9 N–H and O–H groups in total. The standard InChI is InChI=1S/C11H21NO9/c12-4-6(15)5(14)3(20-10(4)18)1-2(13)9-7(16)8(17)11(19)21-9/h2-11,13-19H,1,12H2/t2-,3?,4?,5+,6+,7-,8?,9-,10-,11-/m1/s1. The number of ether oxygens (including phenoxy) is 2. The minimum Gasteiger partial charge on any atom is -0.390 e. The lowest BCUT2D eigenvalue weighted by Crippen LogP contribution is -2.61. The van der Waals surface area contributed by atoms with Crippen LogP contribution in [0.3, 0.4) is 0 Å². The molecule has 2 rings (SSSR count). The fraction of sp³-hybridized carbons (Fsp3) is 1.00. The van der Waals surface area contributed by atoms with Crippen LogP contribution in [0.2, 0.25) is 0 Å². The predicted molar refractivity (Wildman–Crippen MR) is 64.4 cm³/mol. The van der Waals surface area contributed by atoms with Gasteiger partial charge in [-0.25, -0.2) is 0 Å². The molecule has 2 fully saturated rings. The molecule has 10 nitrogen and oxygen atoms in total. The van der Waals surface area contributed by atoms with Crippen molar-refractivity contribution in [2.24, 2.45) is 5.73 Å². The van der Waals surface area contributed by atoms with Gasteiger partial charge in [0, 0.05) is 6.42 Å². The first-order valence-electron chi connectivity index (χ1n) is 6.57. The zero-order chi connectivity index (χ0) is 15.9. The summed E-state index contributed by atoms with van der Waals surface area (Å²) in [5.41, 5.74) is 5.41. The third-order valence-electron chi connectivity index (χ3n) is 3.90.